The van der Waals surface area contributed by atoms with Crippen LogP contribution in [0.25, 0.3) is 0 Å². The van der Waals surface area contributed by atoms with Gasteiger partial charge >= 0.3 is 0 Å². The van der Waals surface area contributed by atoms with Gasteiger partial charge in [-0.15, -0.1) is 0 Å². The number of nitrogens with one attached hydrogen (secondary N) is 2. The molecule has 0 saturated heterocycles. The van der Waals surface area contributed by atoms with Crippen LogP contribution in [-0.2, 0) is 33.5 Å². The number of sulfonamides is 1. The van der Waals surface area contributed by atoms with Gasteiger partial charge in [-0.3, -0.25) is 4.79 Å². The van der Waals surface area contributed by atoms with Crippen molar-refractivity contribution in [2.75, 3.05) is 7.05 Å². The van der Waals surface area contributed by atoms with E-state index in [2.05, 4.69) is 26.0 Å². The maximum absolute atomic E-state index is 13.7. The highest BCUT2D eigenvalue weighted by Gasteiger charge is 2.09. The summed E-state index contributed by atoms with van der Waals surface area (Å²) in [5.74, 6) is -0.594. The molecule has 0 atom stereocenters. The Hall–Kier alpha value is -1.77. The summed E-state index contributed by atoms with van der Waals surface area (Å²) in [5, 5.41) is 2.78. The summed E-state index contributed by atoms with van der Waals surface area (Å²) in [6, 6.07) is 11.8. The van der Waals surface area contributed by atoms with Gasteiger partial charge in [0, 0.05) is 17.4 Å². The summed E-state index contributed by atoms with van der Waals surface area (Å²) in [5.41, 5.74) is 2.03. The van der Waals surface area contributed by atoms with Gasteiger partial charge in [0.1, 0.15) is 5.82 Å². The van der Waals surface area contributed by atoms with Crippen molar-refractivity contribution in [1.29, 1.82) is 0 Å². The molecule has 2 rings (SSSR count). The zero-order valence-electron chi connectivity index (χ0n) is 14.3. The Balaban J connectivity index is 1.81. The summed E-state index contributed by atoms with van der Waals surface area (Å²) in [6.07, 6.45) is 0.517. The lowest BCUT2D eigenvalue weighted by Crippen LogP contribution is -2.23. The second-order valence-corrected chi connectivity index (χ2v) is 8.63. The van der Waals surface area contributed by atoms with E-state index in [1.54, 1.807) is 36.4 Å². The smallest absolute Gasteiger partial charge is 0.220 e. The second-order valence-electron chi connectivity index (χ2n) is 5.79. The Bertz CT molecular complexity index is 871. The van der Waals surface area contributed by atoms with Gasteiger partial charge in [-0.25, -0.2) is 17.5 Å². The van der Waals surface area contributed by atoms with Crippen LogP contribution in [0.4, 0.5) is 4.39 Å². The van der Waals surface area contributed by atoms with E-state index in [9.17, 15) is 17.6 Å². The van der Waals surface area contributed by atoms with Crippen LogP contribution in [-0.4, -0.2) is 21.4 Å². The van der Waals surface area contributed by atoms with E-state index in [1.165, 1.54) is 13.1 Å². The fourth-order valence-corrected chi connectivity index (χ4v) is 3.42. The molecule has 140 valence electrons. The van der Waals surface area contributed by atoms with E-state index < -0.39 is 10.0 Å². The molecule has 0 heterocycles. The topological polar surface area (TPSA) is 75.3 Å². The van der Waals surface area contributed by atoms with Crippen LogP contribution in [0.5, 0.6) is 0 Å². The Labute approximate surface area is 161 Å². The Morgan fingerprint density at radius 2 is 1.77 bits per heavy atom. The van der Waals surface area contributed by atoms with E-state index >= 15 is 0 Å². The summed E-state index contributed by atoms with van der Waals surface area (Å²) >= 11 is 3.20. The van der Waals surface area contributed by atoms with Crippen LogP contribution in [0.3, 0.4) is 0 Å². The number of hydrogen-bond acceptors (Lipinski definition) is 3. The van der Waals surface area contributed by atoms with Crippen molar-refractivity contribution in [2.45, 2.75) is 25.1 Å². The maximum Gasteiger partial charge on any atom is 0.220 e. The molecule has 1 amide bonds. The van der Waals surface area contributed by atoms with Gasteiger partial charge in [-0.2, -0.15) is 0 Å². The lowest BCUT2D eigenvalue weighted by Gasteiger charge is -2.08. The molecule has 26 heavy (non-hydrogen) atoms. The van der Waals surface area contributed by atoms with Crippen molar-refractivity contribution >= 4 is 31.9 Å². The van der Waals surface area contributed by atoms with Crippen molar-refractivity contribution in [3.63, 3.8) is 0 Å². The molecule has 5 nitrogen and oxygen atoms in total. The number of amides is 1. The van der Waals surface area contributed by atoms with E-state index in [1.807, 2.05) is 0 Å². The second kappa shape index (κ2) is 9.25. The molecule has 2 N–H and O–H groups in total. The largest absolute Gasteiger partial charge is 0.352 e. The molecule has 8 heteroatoms. The molecular formula is C18H20BrFN2O3S. The highest BCUT2D eigenvalue weighted by atomic mass is 79.9. The van der Waals surface area contributed by atoms with Gasteiger partial charge in [0.15, 0.2) is 0 Å². The molecular weight excluding hydrogens is 423 g/mol. The van der Waals surface area contributed by atoms with E-state index in [4.69, 9.17) is 0 Å². The summed E-state index contributed by atoms with van der Waals surface area (Å²) in [6.45, 7) is 0.334. The number of carbonyl (C=O) groups excluding carboxylic acids is 1. The molecule has 0 aliphatic rings. The van der Waals surface area contributed by atoms with Crippen LogP contribution in [0.1, 0.15) is 23.1 Å². The predicted octanol–water partition coefficient (Wildman–Crippen LogP) is 2.89. The first-order valence-corrected chi connectivity index (χ1v) is 10.4. The highest BCUT2D eigenvalue weighted by molar-refractivity contribution is 9.10. The average molecular weight is 443 g/mol. The first-order chi connectivity index (χ1) is 12.3. The summed E-state index contributed by atoms with van der Waals surface area (Å²) in [4.78, 5) is 11.9. The van der Waals surface area contributed by atoms with Crippen molar-refractivity contribution in [2.24, 2.45) is 0 Å². The van der Waals surface area contributed by atoms with E-state index in [0.717, 1.165) is 5.56 Å². The normalized spacial score (nSPS) is 11.3. The number of halogens is 2. The molecule has 0 aliphatic heterocycles. The van der Waals surface area contributed by atoms with Crippen molar-refractivity contribution in [1.82, 2.24) is 10.0 Å². The quantitative estimate of drug-likeness (QED) is 0.659. The van der Waals surface area contributed by atoms with Crippen LogP contribution in [0, 0.1) is 5.82 Å². The highest BCUT2D eigenvalue weighted by Crippen LogP contribution is 2.16. The SMILES string of the molecule is CNS(=O)(=O)Cc1ccc(CNC(=O)CCc2ccc(Br)cc2F)cc1. The molecule has 0 saturated carbocycles. The number of rotatable bonds is 8. The minimum absolute atomic E-state index is 0.0884. The van der Waals surface area contributed by atoms with Crippen molar-refractivity contribution in [3.8, 4) is 0 Å². The number of hydrogen-bond donors (Lipinski definition) is 2. The Morgan fingerprint density at radius 1 is 1.12 bits per heavy atom. The fraction of sp³-hybridized carbons (Fsp3) is 0.278. The third kappa shape index (κ3) is 6.51. The lowest BCUT2D eigenvalue weighted by molar-refractivity contribution is -0.121. The van der Waals surface area contributed by atoms with Gasteiger partial charge in [-0.1, -0.05) is 46.3 Å². The summed E-state index contributed by atoms with van der Waals surface area (Å²) in [7, 11) is -1.93. The van der Waals surface area contributed by atoms with Crippen LogP contribution in [0.15, 0.2) is 46.9 Å². The third-order valence-corrected chi connectivity index (χ3v) is 5.65. The van der Waals surface area contributed by atoms with Gasteiger partial charge in [0.25, 0.3) is 0 Å². The first-order valence-electron chi connectivity index (χ1n) is 7.99. The van der Waals surface area contributed by atoms with Crippen LogP contribution >= 0.6 is 15.9 Å². The van der Waals surface area contributed by atoms with E-state index in [-0.39, 0.29) is 23.9 Å². The molecule has 0 aliphatic carbocycles. The minimum atomic E-state index is -3.30. The molecule has 2 aromatic carbocycles. The van der Waals surface area contributed by atoms with Gasteiger partial charge in [-0.05, 0) is 42.3 Å². The van der Waals surface area contributed by atoms with E-state index in [0.29, 0.717) is 28.6 Å². The lowest BCUT2D eigenvalue weighted by atomic mass is 10.1. The van der Waals surface area contributed by atoms with Crippen molar-refractivity contribution < 1.29 is 17.6 Å². The number of benzene rings is 2. The summed E-state index contributed by atoms with van der Waals surface area (Å²) < 4.78 is 39.7. The van der Waals surface area contributed by atoms with Crippen LogP contribution < -0.4 is 10.0 Å². The molecule has 0 unspecified atom stereocenters. The van der Waals surface area contributed by atoms with Gasteiger partial charge < -0.3 is 5.32 Å². The predicted molar refractivity (Wildman–Crippen MR) is 102 cm³/mol. The number of carbonyl (C=O) groups is 1. The average Bonchev–Trinajstić information content (AvgIpc) is 2.60. The molecule has 0 fully saturated rings. The fourth-order valence-electron chi connectivity index (χ4n) is 2.31. The monoisotopic (exact) mass is 442 g/mol. The molecule has 0 aromatic heterocycles. The zero-order valence-corrected chi connectivity index (χ0v) is 16.7. The zero-order chi connectivity index (χ0) is 19.2. The maximum atomic E-state index is 13.7. The van der Waals surface area contributed by atoms with Crippen molar-refractivity contribution in [3.05, 3.63) is 69.4 Å². The Morgan fingerprint density at radius 3 is 2.38 bits per heavy atom. The van der Waals surface area contributed by atoms with Crippen LogP contribution in [0.2, 0.25) is 0 Å². The van der Waals surface area contributed by atoms with Gasteiger partial charge in [0.2, 0.25) is 15.9 Å². The first kappa shape index (κ1) is 20.5. The molecule has 0 radical (unpaired) electrons. The van der Waals surface area contributed by atoms with Gasteiger partial charge in [0.05, 0.1) is 5.75 Å². The minimum Gasteiger partial charge on any atom is -0.352 e. The number of aryl methyl sites for hydroxylation is 1. The molecule has 2 aromatic rings. The molecule has 0 spiro atoms. The Kier molecular flexibility index (Phi) is 7.31. The third-order valence-electron chi connectivity index (χ3n) is 3.82. The molecule has 0 bridgehead atoms. The standard InChI is InChI=1S/C18H20BrFN2O3S/c1-21-26(24,25)12-14-4-2-13(3-5-14)11-22-18(23)9-7-15-6-8-16(19)10-17(15)20/h2-6,8,10,21H,7,9,11-12H2,1H3,(H,22,23).